The first-order valence-electron chi connectivity index (χ1n) is 7.83. The van der Waals surface area contributed by atoms with Crippen molar-refractivity contribution in [3.8, 4) is 0 Å². The van der Waals surface area contributed by atoms with Crippen molar-refractivity contribution in [2.24, 2.45) is 0 Å². The number of para-hydroxylation sites is 1. The summed E-state index contributed by atoms with van der Waals surface area (Å²) in [5.74, 6) is 0.796. The van der Waals surface area contributed by atoms with Gasteiger partial charge in [0.1, 0.15) is 5.82 Å². The van der Waals surface area contributed by atoms with Crippen LogP contribution in [0.5, 0.6) is 0 Å². The van der Waals surface area contributed by atoms with Crippen molar-refractivity contribution < 1.29 is 4.79 Å². The van der Waals surface area contributed by atoms with E-state index in [0.717, 1.165) is 34.5 Å². The number of nitrogens with zero attached hydrogens (tertiary/aromatic N) is 4. The second kappa shape index (κ2) is 6.24. The van der Waals surface area contributed by atoms with Crippen molar-refractivity contribution >= 4 is 28.3 Å². The fourth-order valence-electron chi connectivity index (χ4n) is 2.66. The molecule has 0 radical (unpaired) electrons. The van der Waals surface area contributed by atoms with Gasteiger partial charge in [-0.1, -0.05) is 19.1 Å². The van der Waals surface area contributed by atoms with Crippen LogP contribution in [0.25, 0.3) is 16.6 Å². The Morgan fingerprint density at radius 1 is 1.35 bits per heavy atom. The quantitative estimate of drug-likeness (QED) is 0.784. The molecule has 3 aromatic rings. The van der Waals surface area contributed by atoms with Gasteiger partial charge in [-0.2, -0.15) is 5.10 Å². The number of carbonyl (C=O) groups excluding carboxylic acids is 1. The highest BCUT2D eigenvalue weighted by Gasteiger charge is 2.15. The van der Waals surface area contributed by atoms with Gasteiger partial charge in [0.15, 0.2) is 5.65 Å². The van der Waals surface area contributed by atoms with Crippen LogP contribution in [-0.2, 0) is 4.79 Å². The maximum Gasteiger partial charge on any atom is 0.239 e. The van der Waals surface area contributed by atoms with Gasteiger partial charge in [-0.3, -0.25) is 4.79 Å². The van der Waals surface area contributed by atoms with E-state index >= 15 is 0 Å². The zero-order chi connectivity index (χ0) is 16.4. The molecule has 0 bridgehead atoms. The molecule has 6 heteroatoms. The molecule has 3 rings (SSSR count). The third-order valence-corrected chi connectivity index (χ3v) is 3.72. The normalized spacial score (nSPS) is 11.1. The summed E-state index contributed by atoms with van der Waals surface area (Å²) >= 11 is 0. The van der Waals surface area contributed by atoms with E-state index in [0.29, 0.717) is 6.54 Å². The van der Waals surface area contributed by atoms with Gasteiger partial charge in [0.05, 0.1) is 17.8 Å². The third kappa shape index (κ3) is 2.97. The molecule has 1 aromatic carbocycles. The Hall–Kier alpha value is -2.63. The van der Waals surface area contributed by atoms with Crippen molar-refractivity contribution in [3.63, 3.8) is 0 Å². The molecular weight excluding hydrogens is 290 g/mol. The molecule has 0 atom stereocenters. The Kier molecular flexibility index (Phi) is 4.14. The van der Waals surface area contributed by atoms with Crippen molar-refractivity contribution in [2.75, 3.05) is 25.0 Å². The molecule has 1 amide bonds. The van der Waals surface area contributed by atoms with E-state index in [-0.39, 0.29) is 12.5 Å². The van der Waals surface area contributed by atoms with E-state index in [4.69, 9.17) is 4.98 Å². The largest absolute Gasteiger partial charge is 0.355 e. The molecule has 0 aliphatic heterocycles. The average molecular weight is 311 g/mol. The summed E-state index contributed by atoms with van der Waals surface area (Å²) in [5, 5.41) is 8.38. The third-order valence-electron chi connectivity index (χ3n) is 3.72. The molecule has 0 unspecified atom stereocenters. The van der Waals surface area contributed by atoms with Crippen LogP contribution in [-0.4, -0.2) is 40.6 Å². The van der Waals surface area contributed by atoms with E-state index in [1.165, 1.54) is 0 Å². The topological polar surface area (TPSA) is 62.5 Å². The van der Waals surface area contributed by atoms with Crippen molar-refractivity contribution in [1.82, 2.24) is 19.9 Å². The zero-order valence-electron chi connectivity index (χ0n) is 13.7. The number of rotatable bonds is 5. The Bertz CT molecular complexity index is 855. The number of hydrogen-bond acceptors (Lipinski definition) is 4. The van der Waals surface area contributed by atoms with Crippen LogP contribution in [0.15, 0.2) is 30.3 Å². The average Bonchev–Trinajstić information content (AvgIpc) is 2.92. The minimum atomic E-state index is 0.00444. The van der Waals surface area contributed by atoms with Gasteiger partial charge < -0.3 is 10.2 Å². The van der Waals surface area contributed by atoms with Crippen molar-refractivity contribution in [1.29, 1.82) is 0 Å². The van der Waals surface area contributed by atoms with E-state index in [9.17, 15) is 4.79 Å². The summed E-state index contributed by atoms with van der Waals surface area (Å²) in [7, 11) is 1.89. The molecule has 6 nitrogen and oxygen atoms in total. The summed E-state index contributed by atoms with van der Waals surface area (Å²) in [6.45, 7) is 4.96. The smallest absolute Gasteiger partial charge is 0.239 e. The van der Waals surface area contributed by atoms with Crippen LogP contribution in [0.1, 0.15) is 19.0 Å². The van der Waals surface area contributed by atoms with Gasteiger partial charge >= 0.3 is 0 Å². The van der Waals surface area contributed by atoms with Crippen LogP contribution in [0, 0.1) is 6.92 Å². The number of benzene rings is 1. The molecule has 2 heterocycles. The van der Waals surface area contributed by atoms with Crippen LogP contribution in [0.2, 0.25) is 0 Å². The first kappa shape index (κ1) is 15.3. The highest BCUT2D eigenvalue weighted by Crippen LogP contribution is 2.25. The molecule has 2 aromatic heterocycles. The zero-order valence-corrected chi connectivity index (χ0v) is 13.7. The Morgan fingerprint density at radius 2 is 2.13 bits per heavy atom. The van der Waals surface area contributed by atoms with Gasteiger partial charge in [-0.15, -0.1) is 0 Å². The van der Waals surface area contributed by atoms with E-state index in [1.54, 1.807) is 0 Å². The lowest BCUT2D eigenvalue weighted by atomic mass is 10.2. The molecule has 0 spiro atoms. The predicted octanol–water partition coefficient (Wildman–Crippen LogP) is 2.15. The van der Waals surface area contributed by atoms with Crippen LogP contribution in [0.4, 0.5) is 5.82 Å². The molecular formula is C17H21N5O. The first-order chi connectivity index (χ1) is 11.1. The molecule has 0 fully saturated rings. The lowest BCUT2D eigenvalue weighted by Crippen LogP contribution is -2.36. The number of nitrogens with one attached hydrogen (secondary N) is 1. The Morgan fingerprint density at radius 3 is 2.91 bits per heavy atom. The number of likely N-dealkylation sites (N-methyl/N-ethyl adjacent to an activating group) is 1. The number of anilines is 1. The highest BCUT2D eigenvalue weighted by molar-refractivity contribution is 5.93. The Balaban J connectivity index is 2.03. The number of aryl methyl sites for hydroxylation is 1. The van der Waals surface area contributed by atoms with Gasteiger partial charge in [-0.25, -0.2) is 9.50 Å². The van der Waals surface area contributed by atoms with E-state index in [1.807, 2.05) is 60.6 Å². The van der Waals surface area contributed by atoms with Crippen LogP contribution < -0.4 is 10.2 Å². The van der Waals surface area contributed by atoms with Gasteiger partial charge in [0.25, 0.3) is 0 Å². The molecule has 0 aliphatic rings. The number of aromatic nitrogens is 3. The minimum Gasteiger partial charge on any atom is -0.355 e. The molecule has 0 aliphatic carbocycles. The lowest BCUT2D eigenvalue weighted by molar-refractivity contribution is -0.119. The second-order valence-corrected chi connectivity index (χ2v) is 5.71. The maximum absolute atomic E-state index is 12.0. The van der Waals surface area contributed by atoms with Gasteiger partial charge in [-0.05, 0) is 25.5 Å². The molecule has 23 heavy (non-hydrogen) atoms. The summed E-state index contributed by atoms with van der Waals surface area (Å²) < 4.78 is 1.85. The fourth-order valence-corrected chi connectivity index (χ4v) is 2.66. The minimum absolute atomic E-state index is 0.00444. The fraction of sp³-hybridized carbons (Fsp3) is 0.353. The number of amides is 1. The van der Waals surface area contributed by atoms with Gasteiger partial charge in [0, 0.05) is 25.0 Å². The van der Waals surface area contributed by atoms with E-state index < -0.39 is 0 Å². The standard InChI is InChI=1S/C17H21N5O/c1-4-9-18-16(23)11-21(3)17-13-7-5-6-8-14(13)22-15(19-17)10-12(2)20-22/h5-8,10H,4,9,11H2,1-3H3,(H,18,23). The summed E-state index contributed by atoms with van der Waals surface area (Å²) in [6, 6.07) is 9.93. The number of hydrogen-bond donors (Lipinski definition) is 1. The van der Waals surface area contributed by atoms with Crippen LogP contribution >= 0.6 is 0 Å². The summed E-state index contributed by atoms with van der Waals surface area (Å²) in [5.41, 5.74) is 2.70. The number of carbonyl (C=O) groups is 1. The molecule has 1 N–H and O–H groups in total. The van der Waals surface area contributed by atoms with Crippen molar-refractivity contribution in [2.45, 2.75) is 20.3 Å². The monoisotopic (exact) mass is 311 g/mol. The van der Waals surface area contributed by atoms with Crippen molar-refractivity contribution in [3.05, 3.63) is 36.0 Å². The molecule has 120 valence electrons. The maximum atomic E-state index is 12.0. The first-order valence-corrected chi connectivity index (χ1v) is 7.83. The van der Waals surface area contributed by atoms with Crippen LogP contribution in [0.3, 0.4) is 0 Å². The predicted molar refractivity (Wildman–Crippen MR) is 91.8 cm³/mol. The second-order valence-electron chi connectivity index (χ2n) is 5.71. The SMILES string of the molecule is CCCNC(=O)CN(C)c1nc2cc(C)nn2c2ccccc12. The lowest BCUT2D eigenvalue weighted by Gasteiger charge is -2.20. The molecule has 0 saturated heterocycles. The molecule has 0 saturated carbocycles. The number of fused-ring (bicyclic) bond motifs is 3. The summed E-state index contributed by atoms with van der Waals surface area (Å²) in [6.07, 6.45) is 0.928. The summed E-state index contributed by atoms with van der Waals surface area (Å²) in [4.78, 5) is 18.6. The van der Waals surface area contributed by atoms with E-state index in [2.05, 4.69) is 10.4 Å². The Labute approximate surface area is 135 Å². The highest BCUT2D eigenvalue weighted by atomic mass is 16.2. The van der Waals surface area contributed by atoms with Gasteiger partial charge in [0.2, 0.25) is 5.91 Å².